The Balaban J connectivity index is 2.02. The number of nitrogens with one attached hydrogen (secondary N) is 2. The van der Waals surface area contributed by atoms with E-state index in [1.807, 2.05) is 20.8 Å². The number of amides is 1. The molecule has 2 aliphatic rings. The van der Waals surface area contributed by atoms with Crippen LogP contribution in [0.4, 0.5) is 4.79 Å². The van der Waals surface area contributed by atoms with Crippen molar-refractivity contribution in [1.82, 2.24) is 10.6 Å². The molecule has 4 heteroatoms. The third kappa shape index (κ3) is 2.15. The van der Waals surface area contributed by atoms with E-state index in [2.05, 4.69) is 24.5 Å². The Bertz CT molecular complexity index is 331. The molecular weight excluding hydrogens is 216 g/mol. The van der Waals surface area contributed by atoms with Gasteiger partial charge >= 0.3 is 6.09 Å². The molecule has 2 unspecified atom stereocenters. The molecule has 98 valence electrons. The standard InChI is InChI=1S/C13H24N2O2/c1-9-13(6-7-13)12(5,8-14-9)15-10(16)17-11(2,3)4/h9,14H,6-8H2,1-5H3,(H,15,16). The van der Waals surface area contributed by atoms with Gasteiger partial charge in [-0.1, -0.05) is 0 Å². The lowest BCUT2D eigenvalue weighted by molar-refractivity contribution is 0.0434. The van der Waals surface area contributed by atoms with Gasteiger partial charge in [0.15, 0.2) is 0 Å². The monoisotopic (exact) mass is 240 g/mol. The SMILES string of the molecule is CC1NCC(C)(NC(=O)OC(C)(C)C)C12CC2. The first-order valence-electron chi connectivity index (χ1n) is 6.43. The molecule has 2 rings (SSSR count). The van der Waals surface area contributed by atoms with Gasteiger partial charge in [0.2, 0.25) is 0 Å². The first-order chi connectivity index (χ1) is 7.69. The fourth-order valence-electron chi connectivity index (χ4n) is 3.02. The highest BCUT2D eigenvalue weighted by atomic mass is 16.6. The quantitative estimate of drug-likeness (QED) is 0.737. The molecule has 1 aliphatic carbocycles. The van der Waals surface area contributed by atoms with E-state index in [-0.39, 0.29) is 17.0 Å². The molecule has 1 spiro atoms. The van der Waals surface area contributed by atoms with E-state index in [9.17, 15) is 4.79 Å². The Labute approximate surface area is 103 Å². The topological polar surface area (TPSA) is 50.4 Å². The van der Waals surface area contributed by atoms with Crippen molar-refractivity contribution >= 4 is 6.09 Å². The molecule has 4 nitrogen and oxygen atoms in total. The molecule has 0 aromatic heterocycles. The van der Waals surface area contributed by atoms with Crippen molar-refractivity contribution in [2.45, 2.75) is 64.6 Å². The molecule has 0 radical (unpaired) electrons. The molecule has 2 N–H and O–H groups in total. The molecule has 2 fully saturated rings. The Morgan fingerprint density at radius 1 is 1.41 bits per heavy atom. The van der Waals surface area contributed by atoms with Crippen molar-refractivity contribution < 1.29 is 9.53 Å². The van der Waals surface area contributed by atoms with Gasteiger partial charge in [-0.25, -0.2) is 4.79 Å². The van der Waals surface area contributed by atoms with Gasteiger partial charge in [-0.05, 0) is 47.5 Å². The lowest BCUT2D eigenvalue weighted by atomic mass is 9.82. The van der Waals surface area contributed by atoms with Gasteiger partial charge in [0.1, 0.15) is 5.60 Å². The predicted molar refractivity (Wildman–Crippen MR) is 66.9 cm³/mol. The summed E-state index contributed by atoms with van der Waals surface area (Å²) in [4.78, 5) is 11.9. The average Bonchev–Trinajstić information content (AvgIpc) is 2.87. The summed E-state index contributed by atoms with van der Waals surface area (Å²) < 4.78 is 5.34. The number of hydrogen-bond acceptors (Lipinski definition) is 3. The van der Waals surface area contributed by atoms with Crippen LogP contribution >= 0.6 is 0 Å². The number of carbonyl (C=O) groups excluding carboxylic acids is 1. The van der Waals surface area contributed by atoms with Crippen LogP contribution in [0.15, 0.2) is 0 Å². The summed E-state index contributed by atoms with van der Waals surface area (Å²) in [6.45, 7) is 10.8. The molecule has 1 saturated carbocycles. The predicted octanol–water partition coefficient (Wildman–Crippen LogP) is 2.04. The number of carbonyl (C=O) groups is 1. The molecule has 1 heterocycles. The Morgan fingerprint density at radius 3 is 2.47 bits per heavy atom. The van der Waals surface area contributed by atoms with E-state index < -0.39 is 5.60 Å². The van der Waals surface area contributed by atoms with Gasteiger partial charge < -0.3 is 15.4 Å². The van der Waals surface area contributed by atoms with Crippen molar-refractivity contribution in [3.8, 4) is 0 Å². The molecular formula is C13H24N2O2. The summed E-state index contributed by atoms with van der Waals surface area (Å²) in [7, 11) is 0. The highest BCUT2D eigenvalue weighted by Gasteiger charge is 2.64. The van der Waals surface area contributed by atoms with Gasteiger partial charge in [-0.15, -0.1) is 0 Å². The average molecular weight is 240 g/mol. The zero-order valence-electron chi connectivity index (χ0n) is 11.5. The van der Waals surface area contributed by atoms with E-state index in [0.29, 0.717) is 6.04 Å². The first kappa shape index (κ1) is 12.7. The van der Waals surface area contributed by atoms with E-state index >= 15 is 0 Å². The molecule has 17 heavy (non-hydrogen) atoms. The zero-order chi connectivity index (χ0) is 12.9. The molecule has 0 aromatic rings. The fraction of sp³-hybridized carbons (Fsp3) is 0.923. The first-order valence-corrected chi connectivity index (χ1v) is 6.43. The van der Waals surface area contributed by atoms with Crippen LogP contribution in [0.3, 0.4) is 0 Å². The van der Waals surface area contributed by atoms with Crippen LogP contribution in [0, 0.1) is 5.41 Å². The highest BCUT2D eigenvalue weighted by Crippen LogP contribution is 2.59. The van der Waals surface area contributed by atoms with E-state index in [1.165, 1.54) is 12.8 Å². The Kier molecular flexibility index (Phi) is 2.69. The Hall–Kier alpha value is -0.770. The van der Waals surface area contributed by atoms with Crippen LogP contribution in [0.1, 0.15) is 47.5 Å². The van der Waals surface area contributed by atoms with Gasteiger partial charge in [0, 0.05) is 18.0 Å². The van der Waals surface area contributed by atoms with Crippen LogP contribution in [0.5, 0.6) is 0 Å². The molecule has 1 amide bonds. The Morgan fingerprint density at radius 2 is 2.00 bits per heavy atom. The van der Waals surface area contributed by atoms with E-state index in [4.69, 9.17) is 4.74 Å². The van der Waals surface area contributed by atoms with Gasteiger partial charge in [-0.2, -0.15) is 0 Å². The summed E-state index contributed by atoms with van der Waals surface area (Å²) in [5.74, 6) is 0. The lowest BCUT2D eigenvalue weighted by Gasteiger charge is -2.34. The minimum Gasteiger partial charge on any atom is -0.444 e. The largest absolute Gasteiger partial charge is 0.444 e. The summed E-state index contributed by atoms with van der Waals surface area (Å²) >= 11 is 0. The van der Waals surface area contributed by atoms with Gasteiger partial charge in [0.25, 0.3) is 0 Å². The fourth-order valence-corrected chi connectivity index (χ4v) is 3.02. The third-order valence-corrected chi connectivity index (χ3v) is 4.26. The van der Waals surface area contributed by atoms with E-state index in [0.717, 1.165) is 6.54 Å². The number of alkyl carbamates (subject to hydrolysis) is 1. The number of ether oxygens (including phenoxy) is 1. The summed E-state index contributed by atoms with van der Waals surface area (Å²) in [5.41, 5.74) is -0.368. The normalized spacial score (nSPS) is 34.8. The number of hydrogen-bond donors (Lipinski definition) is 2. The van der Waals surface area contributed by atoms with Crippen molar-refractivity contribution in [1.29, 1.82) is 0 Å². The minimum atomic E-state index is -0.436. The summed E-state index contributed by atoms with van der Waals surface area (Å²) in [6.07, 6.45) is 2.07. The smallest absolute Gasteiger partial charge is 0.408 e. The van der Waals surface area contributed by atoms with Crippen LogP contribution < -0.4 is 10.6 Å². The van der Waals surface area contributed by atoms with Crippen LogP contribution in [0.25, 0.3) is 0 Å². The van der Waals surface area contributed by atoms with E-state index in [1.54, 1.807) is 0 Å². The van der Waals surface area contributed by atoms with Gasteiger partial charge in [-0.3, -0.25) is 0 Å². The maximum atomic E-state index is 11.9. The zero-order valence-corrected chi connectivity index (χ0v) is 11.5. The third-order valence-electron chi connectivity index (χ3n) is 4.26. The molecule has 0 bridgehead atoms. The van der Waals surface area contributed by atoms with Crippen LogP contribution in [0.2, 0.25) is 0 Å². The van der Waals surface area contributed by atoms with Crippen molar-refractivity contribution in [2.24, 2.45) is 5.41 Å². The maximum absolute atomic E-state index is 11.9. The number of rotatable bonds is 1. The molecule has 1 saturated heterocycles. The highest BCUT2D eigenvalue weighted by molar-refractivity contribution is 5.69. The second-order valence-electron chi connectivity index (χ2n) is 6.72. The molecule has 2 atom stereocenters. The van der Waals surface area contributed by atoms with Crippen molar-refractivity contribution in [3.63, 3.8) is 0 Å². The second kappa shape index (κ2) is 3.61. The molecule has 0 aromatic carbocycles. The van der Waals surface area contributed by atoms with Crippen molar-refractivity contribution in [3.05, 3.63) is 0 Å². The van der Waals surface area contributed by atoms with Crippen molar-refractivity contribution in [2.75, 3.05) is 6.54 Å². The summed E-state index contributed by atoms with van der Waals surface area (Å²) in [6, 6.07) is 0.474. The lowest BCUT2D eigenvalue weighted by Crippen LogP contribution is -2.54. The van der Waals surface area contributed by atoms with Gasteiger partial charge in [0.05, 0.1) is 5.54 Å². The maximum Gasteiger partial charge on any atom is 0.408 e. The second-order valence-corrected chi connectivity index (χ2v) is 6.72. The minimum absolute atomic E-state index is 0.172. The van der Waals surface area contributed by atoms with Crippen LogP contribution in [-0.2, 0) is 4.74 Å². The molecule has 1 aliphatic heterocycles. The van der Waals surface area contributed by atoms with Crippen LogP contribution in [-0.4, -0.2) is 29.8 Å². The summed E-state index contributed by atoms with van der Waals surface area (Å²) in [5, 5.41) is 6.53.